The SMILES string of the molecule is COc1ccccc1Oc1cc(-c2ccc(C(=O)N[C@@H]3CCCc4ccccc43)cc2)ncn1. The molecule has 1 aliphatic carbocycles. The average Bonchev–Trinajstić information content (AvgIpc) is 2.89. The number of ether oxygens (including phenoxy) is 2. The third-order valence-electron chi connectivity index (χ3n) is 6.04. The molecule has 0 bridgehead atoms. The minimum atomic E-state index is -0.0730. The molecule has 1 heterocycles. The maximum atomic E-state index is 12.9. The quantitative estimate of drug-likeness (QED) is 0.404. The Morgan fingerprint density at radius 1 is 0.941 bits per heavy atom. The topological polar surface area (TPSA) is 73.3 Å². The highest BCUT2D eigenvalue weighted by atomic mass is 16.5. The highest BCUT2D eigenvalue weighted by Gasteiger charge is 2.22. The monoisotopic (exact) mass is 451 g/mol. The molecule has 6 nitrogen and oxygen atoms in total. The smallest absolute Gasteiger partial charge is 0.251 e. The lowest BCUT2D eigenvalue weighted by Crippen LogP contribution is -2.30. The summed E-state index contributed by atoms with van der Waals surface area (Å²) in [5.74, 6) is 1.54. The maximum absolute atomic E-state index is 12.9. The fourth-order valence-electron chi connectivity index (χ4n) is 4.31. The molecule has 5 rings (SSSR count). The molecule has 0 radical (unpaired) electrons. The van der Waals surface area contributed by atoms with E-state index in [4.69, 9.17) is 9.47 Å². The van der Waals surface area contributed by atoms with Crippen molar-refractivity contribution in [3.05, 3.63) is 102 Å². The Labute approximate surface area is 198 Å². The van der Waals surface area contributed by atoms with E-state index in [1.54, 1.807) is 13.2 Å². The summed E-state index contributed by atoms with van der Waals surface area (Å²) >= 11 is 0. The van der Waals surface area contributed by atoms with Crippen LogP contribution in [0, 0.1) is 0 Å². The van der Waals surface area contributed by atoms with E-state index < -0.39 is 0 Å². The molecule has 0 aliphatic heterocycles. The molecule has 0 saturated heterocycles. The standard InChI is InChI=1S/C28H25N3O3/c1-33-25-11-4-5-12-26(25)34-27-17-24(29-18-30-27)20-13-15-21(16-14-20)28(32)31-23-10-6-8-19-7-2-3-9-22(19)23/h2-5,7,9,11-18,23H,6,8,10H2,1H3,(H,31,32)/t23-/m1/s1. The van der Waals surface area contributed by atoms with Crippen LogP contribution in [-0.4, -0.2) is 23.0 Å². The fraction of sp³-hybridized carbons (Fsp3) is 0.179. The molecule has 4 aromatic rings. The lowest BCUT2D eigenvalue weighted by Gasteiger charge is -2.26. The number of aromatic nitrogens is 2. The van der Waals surface area contributed by atoms with Crippen molar-refractivity contribution in [1.29, 1.82) is 0 Å². The van der Waals surface area contributed by atoms with E-state index in [1.807, 2.05) is 54.6 Å². The van der Waals surface area contributed by atoms with Gasteiger partial charge in [-0.1, -0.05) is 48.5 Å². The zero-order valence-corrected chi connectivity index (χ0v) is 18.9. The van der Waals surface area contributed by atoms with E-state index in [0.717, 1.165) is 24.8 Å². The van der Waals surface area contributed by atoms with Crippen molar-refractivity contribution < 1.29 is 14.3 Å². The fourth-order valence-corrected chi connectivity index (χ4v) is 4.31. The highest BCUT2D eigenvalue weighted by Crippen LogP contribution is 2.32. The van der Waals surface area contributed by atoms with Gasteiger partial charge >= 0.3 is 0 Å². The minimum absolute atomic E-state index is 0.0497. The zero-order valence-electron chi connectivity index (χ0n) is 18.9. The number of carbonyl (C=O) groups is 1. The lowest BCUT2D eigenvalue weighted by atomic mass is 9.87. The molecule has 34 heavy (non-hydrogen) atoms. The summed E-state index contributed by atoms with van der Waals surface area (Å²) in [6.45, 7) is 0. The van der Waals surface area contributed by atoms with E-state index in [-0.39, 0.29) is 11.9 Å². The van der Waals surface area contributed by atoms with Crippen LogP contribution in [0.15, 0.2) is 85.2 Å². The van der Waals surface area contributed by atoms with Gasteiger partial charge in [0, 0.05) is 17.2 Å². The van der Waals surface area contributed by atoms with Gasteiger partial charge in [-0.25, -0.2) is 9.97 Å². The summed E-state index contributed by atoms with van der Waals surface area (Å²) in [7, 11) is 1.60. The molecule has 1 aromatic heterocycles. The number of hydrogen-bond donors (Lipinski definition) is 1. The van der Waals surface area contributed by atoms with Crippen molar-refractivity contribution in [3.63, 3.8) is 0 Å². The Bertz CT molecular complexity index is 1300. The molecule has 0 spiro atoms. The molecule has 1 amide bonds. The maximum Gasteiger partial charge on any atom is 0.251 e. The first-order valence-corrected chi connectivity index (χ1v) is 11.3. The molecular weight excluding hydrogens is 426 g/mol. The minimum Gasteiger partial charge on any atom is -0.493 e. The van der Waals surface area contributed by atoms with Crippen LogP contribution in [0.25, 0.3) is 11.3 Å². The number of aryl methyl sites for hydroxylation is 1. The van der Waals surface area contributed by atoms with Gasteiger partial charge in [-0.2, -0.15) is 0 Å². The first kappa shape index (κ1) is 21.6. The Balaban J connectivity index is 1.30. The Kier molecular flexibility index (Phi) is 6.21. The van der Waals surface area contributed by atoms with Gasteiger partial charge in [0.1, 0.15) is 6.33 Å². The zero-order chi connectivity index (χ0) is 23.3. The number of para-hydroxylation sites is 2. The molecule has 0 saturated carbocycles. The van der Waals surface area contributed by atoms with Gasteiger partial charge in [-0.3, -0.25) is 4.79 Å². The van der Waals surface area contributed by atoms with Crippen LogP contribution in [0.1, 0.15) is 40.4 Å². The van der Waals surface area contributed by atoms with Crippen molar-refractivity contribution >= 4 is 5.91 Å². The van der Waals surface area contributed by atoms with Gasteiger partial charge in [0.05, 0.1) is 18.8 Å². The van der Waals surface area contributed by atoms with Gasteiger partial charge in [0.25, 0.3) is 5.91 Å². The van der Waals surface area contributed by atoms with Crippen LogP contribution in [0.2, 0.25) is 0 Å². The van der Waals surface area contributed by atoms with Crippen LogP contribution in [0.5, 0.6) is 17.4 Å². The summed E-state index contributed by atoms with van der Waals surface area (Å²) in [4.78, 5) is 21.5. The number of nitrogens with zero attached hydrogens (tertiary/aromatic N) is 2. The van der Waals surface area contributed by atoms with Crippen molar-refractivity contribution in [2.24, 2.45) is 0 Å². The van der Waals surface area contributed by atoms with Crippen molar-refractivity contribution in [3.8, 4) is 28.6 Å². The molecule has 1 N–H and O–H groups in total. The first-order valence-electron chi connectivity index (χ1n) is 11.3. The summed E-state index contributed by atoms with van der Waals surface area (Å²) in [5, 5.41) is 3.20. The Morgan fingerprint density at radius 2 is 1.71 bits per heavy atom. The van der Waals surface area contributed by atoms with Crippen LogP contribution < -0.4 is 14.8 Å². The molecule has 1 aliphatic rings. The molecule has 0 fully saturated rings. The Hall–Kier alpha value is -4.19. The molecule has 0 unspecified atom stereocenters. The first-order chi connectivity index (χ1) is 16.7. The molecule has 170 valence electrons. The van der Waals surface area contributed by atoms with Crippen LogP contribution in [0.4, 0.5) is 0 Å². The molecule has 3 aromatic carbocycles. The average molecular weight is 452 g/mol. The van der Waals surface area contributed by atoms with Crippen LogP contribution in [-0.2, 0) is 6.42 Å². The highest BCUT2D eigenvalue weighted by molar-refractivity contribution is 5.95. The summed E-state index contributed by atoms with van der Waals surface area (Å²) in [6, 6.07) is 25.0. The van der Waals surface area contributed by atoms with Gasteiger partial charge < -0.3 is 14.8 Å². The summed E-state index contributed by atoms with van der Waals surface area (Å²) in [5.41, 5.74) is 4.73. The van der Waals surface area contributed by atoms with E-state index >= 15 is 0 Å². The second-order valence-electron chi connectivity index (χ2n) is 8.19. The van der Waals surface area contributed by atoms with Crippen molar-refractivity contribution in [2.75, 3.05) is 7.11 Å². The van der Waals surface area contributed by atoms with Gasteiger partial charge in [0.15, 0.2) is 11.5 Å². The normalized spacial score (nSPS) is 14.7. The summed E-state index contributed by atoms with van der Waals surface area (Å²) < 4.78 is 11.2. The van der Waals surface area contributed by atoms with Gasteiger partial charge in [0.2, 0.25) is 5.88 Å². The number of nitrogens with one attached hydrogen (secondary N) is 1. The van der Waals surface area contributed by atoms with Gasteiger partial charge in [-0.05, 0) is 54.7 Å². The van der Waals surface area contributed by atoms with Crippen molar-refractivity contribution in [2.45, 2.75) is 25.3 Å². The van der Waals surface area contributed by atoms with Crippen LogP contribution >= 0.6 is 0 Å². The number of fused-ring (bicyclic) bond motifs is 1. The third-order valence-corrected chi connectivity index (χ3v) is 6.04. The predicted octanol–water partition coefficient (Wildman–Crippen LogP) is 5.75. The third kappa shape index (κ3) is 4.62. The number of methoxy groups -OCH3 is 1. The number of benzene rings is 3. The van der Waals surface area contributed by atoms with E-state index in [2.05, 4.69) is 33.5 Å². The van der Waals surface area contributed by atoms with Gasteiger partial charge in [-0.15, -0.1) is 0 Å². The largest absolute Gasteiger partial charge is 0.493 e. The number of rotatable bonds is 6. The second kappa shape index (κ2) is 9.75. The molecule has 1 atom stereocenters. The Morgan fingerprint density at radius 3 is 2.53 bits per heavy atom. The second-order valence-corrected chi connectivity index (χ2v) is 8.19. The number of hydrogen-bond acceptors (Lipinski definition) is 5. The molecular formula is C28H25N3O3. The van der Waals surface area contributed by atoms with E-state index in [1.165, 1.54) is 17.5 Å². The number of carbonyl (C=O) groups excluding carboxylic acids is 1. The van der Waals surface area contributed by atoms with Crippen molar-refractivity contribution in [1.82, 2.24) is 15.3 Å². The predicted molar refractivity (Wildman–Crippen MR) is 130 cm³/mol. The summed E-state index contributed by atoms with van der Waals surface area (Å²) in [6.07, 6.45) is 4.56. The van der Waals surface area contributed by atoms with E-state index in [0.29, 0.717) is 28.6 Å². The van der Waals surface area contributed by atoms with Crippen LogP contribution in [0.3, 0.4) is 0 Å². The molecule has 6 heteroatoms. The number of amides is 1. The lowest BCUT2D eigenvalue weighted by molar-refractivity contribution is 0.0932. The van der Waals surface area contributed by atoms with E-state index in [9.17, 15) is 4.79 Å².